The van der Waals surface area contributed by atoms with Gasteiger partial charge in [0.25, 0.3) is 0 Å². The van der Waals surface area contributed by atoms with Gasteiger partial charge in [-0.3, -0.25) is 9.59 Å². The number of nitrogens with zero attached hydrogens (tertiary/aromatic N) is 4. The van der Waals surface area contributed by atoms with E-state index in [9.17, 15) is 9.59 Å². The molecule has 1 fully saturated rings. The van der Waals surface area contributed by atoms with Crippen molar-refractivity contribution in [3.05, 3.63) is 31.1 Å². The second-order valence-corrected chi connectivity index (χ2v) is 4.80. The summed E-state index contributed by atoms with van der Waals surface area (Å²) >= 11 is 0. The van der Waals surface area contributed by atoms with Gasteiger partial charge >= 0.3 is 5.97 Å². The van der Waals surface area contributed by atoms with Gasteiger partial charge in [0, 0.05) is 25.5 Å². The molecule has 1 amide bonds. The fourth-order valence-electron chi connectivity index (χ4n) is 2.46. The molecule has 1 unspecified atom stereocenters. The molecule has 1 aromatic heterocycles. The number of carbonyl (C=O) groups excluding carboxylic acids is 1. The van der Waals surface area contributed by atoms with Crippen LogP contribution in [0.25, 0.3) is 0 Å². The van der Waals surface area contributed by atoms with Crippen molar-refractivity contribution in [3.63, 3.8) is 0 Å². The Balaban J connectivity index is 2.16. The van der Waals surface area contributed by atoms with Crippen molar-refractivity contribution in [1.82, 2.24) is 14.9 Å². The Kier molecular flexibility index (Phi) is 4.86. The van der Waals surface area contributed by atoms with E-state index >= 15 is 0 Å². The number of carboxylic acids is 1. The van der Waals surface area contributed by atoms with E-state index in [0.717, 1.165) is 6.42 Å². The minimum atomic E-state index is -1.04. The quantitative estimate of drug-likeness (QED) is 0.770. The minimum absolute atomic E-state index is 0.213. The molecule has 1 N–H and O–H groups in total. The van der Waals surface area contributed by atoms with Gasteiger partial charge in [-0.05, 0) is 18.9 Å². The lowest BCUT2D eigenvalue weighted by Gasteiger charge is -2.28. The number of carboxylic acid groups (broad SMARTS) is 1. The predicted octanol–water partition coefficient (Wildman–Crippen LogP) is 0.545. The van der Waals surface area contributed by atoms with Crippen molar-refractivity contribution >= 4 is 17.8 Å². The first-order valence-corrected chi connectivity index (χ1v) is 6.78. The van der Waals surface area contributed by atoms with E-state index in [4.69, 9.17) is 5.11 Å². The highest BCUT2D eigenvalue weighted by Gasteiger charge is 2.35. The van der Waals surface area contributed by atoms with Crippen LogP contribution in [0.15, 0.2) is 31.1 Å². The summed E-state index contributed by atoms with van der Waals surface area (Å²) < 4.78 is 0. The highest BCUT2D eigenvalue weighted by molar-refractivity contribution is 5.88. The van der Waals surface area contributed by atoms with E-state index in [1.165, 1.54) is 11.0 Å². The van der Waals surface area contributed by atoms with E-state index in [0.29, 0.717) is 18.9 Å². The maximum Gasteiger partial charge on any atom is 0.323 e. The molecule has 1 saturated heterocycles. The molecule has 0 saturated carbocycles. The molecular weight excluding hydrogens is 272 g/mol. The van der Waals surface area contributed by atoms with E-state index in [1.54, 1.807) is 18.5 Å². The van der Waals surface area contributed by atoms with Crippen LogP contribution in [0.2, 0.25) is 0 Å². The van der Waals surface area contributed by atoms with E-state index in [-0.39, 0.29) is 19.0 Å². The van der Waals surface area contributed by atoms with Crippen molar-refractivity contribution in [2.75, 3.05) is 24.5 Å². The standard InChI is InChI=1S/C14H18N4O3/c1-2-8-17(10-12(19)20)13(21)11-5-3-9-18(11)14-15-6-4-7-16-14/h2,4,6-7,11H,1,3,5,8-10H2,(H,19,20). The molecule has 0 spiro atoms. The monoisotopic (exact) mass is 290 g/mol. The smallest absolute Gasteiger partial charge is 0.323 e. The Hall–Kier alpha value is -2.44. The van der Waals surface area contributed by atoms with Crippen molar-refractivity contribution < 1.29 is 14.7 Å². The first kappa shape index (κ1) is 15.0. The molecular formula is C14H18N4O3. The Morgan fingerprint density at radius 3 is 2.81 bits per heavy atom. The van der Waals surface area contributed by atoms with Gasteiger partial charge in [0.2, 0.25) is 11.9 Å². The zero-order valence-corrected chi connectivity index (χ0v) is 11.7. The third kappa shape index (κ3) is 3.56. The summed E-state index contributed by atoms with van der Waals surface area (Å²) in [7, 11) is 0. The summed E-state index contributed by atoms with van der Waals surface area (Å²) in [6.07, 6.45) is 6.30. The van der Waals surface area contributed by atoms with Gasteiger partial charge in [-0.15, -0.1) is 6.58 Å². The minimum Gasteiger partial charge on any atom is -0.480 e. The number of amides is 1. The van der Waals surface area contributed by atoms with Crippen LogP contribution < -0.4 is 4.90 Å². The SMILES string of the molecule is C=CCN(CC(=O)O)C(=O)C1CCCN1c1ncccn1. The van der Waals surface area contributed by atoms with Gasteiger partial charge in [0.15, 0.2) is 0 Å². The fourth-order valence-corrected chi connectivity index (χ4v) is 2.46. The van der Waals surface area contributed by atoms with Crippen molar-refractivity contribution in [3.8, 4) is 0 Å². The molecule has 7 heteroatoms. The van der Waals surface area contributed by atoms with Crippen LogP contribution >= 0.6 is 0 Å². The normalized spacial score (nSPS) is 17.5. The zero-order chi connectivity index (χ0) is 15.2. The van der Waals surface area contributed by atoms with Gasteiger partial charge in [-0.1, -0.05) is 6.08 Å². The summed E-state index contributed by atoms with van der Waals surface area (Å²) in [5.74, 6) is -0.754. The Morgan fingerprint density at radius 2 is 2.19 bits per heavy atom. The molecule has 1 aliphatic rings. The fraction of sp³-hybridized carbons (Fsp3) is 0.429. The molecule has 0 aromatic carbocycles. The molecule has 0 aliphatic carbocycles. The first-order chi connectivity index (χ1) is 10.1. The molecule has 1 aromatic rings. The molecule has 7 nitrogen and oxygen atoms in total. The maximum atomic E-state index is 12.6. The maximum absolute atomic E-state index is 12.6. The van der Waals surface area contributed by atoms with Crippen LogP contribution in [-0.2, 0) is 9.59 Å². The highest BCUT2D eigenvalue weighted by Crippen LogP contribution is 2.23. The number of hydrogen-bond acceptors (Lipinski definition) is 5. The van der Waals surface area contributed by atoms with Crippen molar-refractivity contribution in [2.24, 2.45) is 0 Å². The molecule has 1 aliphatic heterocycles. The largest absolute Gasteiger partial charge is 0.480 e. The van der Waals surface area contributed by atoms with Crippen molar-refractivity contribution in [1.29, 1.82) is 0 Å². The lowest BCUT2D eigenvalue weighted by atomic mass is 10.2. The number of carbonyl (C=O) groups is 2. The summed E-state index contributed by atoms with van der Waals surface area (Å²) in [6.45, 7) is 4.14. The Morgan fingerprint density at radius 1 is 1.48 bits per heavy atom. The van der Waals surface area contributed by atoms with Crippen LogP contribution in [0.1, 0.15) is 12.8 Å². The van der Waals surface area contributed by atoms with Crippen LogP contribution in [0.3, 0.4) is 0 Å². The summed E-state index contributed by atoms with van der Waals surface area (Å²) in [5, 5.41) is 8.92. The van der Waals surface area contributed by atoms with Gasteiger partial charge in [0.1, 0.15) is 12.6 Å². The number of aromatic nitrogens is 2. The van der Waals surface area contributed by atoms with Gasteiger partial charge in [0.05, 0.1) is 0 Å². The average Bonchev–Trinajstić information content (AvgIpc) is 2.96. The van der Waals surface area contributed by atoms with Crippen molar-refractivity contribution in [2.45, 2.75) is 18.9 Å². The van der Waals surface area contributed by atoms with Crippen LogP contribution in [0.5, 0.6) is 0 Å². The highest BCUT2D eigenvalue weighted by atomic mass is 16.4. The lowest BCUT2D eigenvalue weighted by molar-refractivity contribution is -0.144. The van der Waals surface area contributed by atoms with Crippen LogP contribution in [0.4, 0.5) is 5.95 Å². The third-order valence-electron chi connectivity index (χ3n) is 3.33. The first-order valence-electron chi connectivity index (χ1n) is 6.78. The predicted molar refractivity (Wildman–Crippen MR) is 76.8 cm³/mol. The second kappa shape index (κ2) is 6.83. The lowest BCUT2D eigenvalue weighted by Crippen LogP contribution is -2.48. The average molecular weight is 290 g/mol. The second-order valence-electron chi connectivity index (χ2n) is 4.80. The molecule has 21 heavy (non-hydrogen) atoms. The number of rotatable bonds is 6. The number of aliphatic carboxylic acids is 1. The number of hydrogen-bond donors (Lipinski definition) is 1. The van der Waals surface area contributed by atoms with Crippen LogP contribution in [-0.4, -0.2) is 57.5 Å². The molecule has 112 valence electrons. The van der Waals surface area contributed by atoms with Gasteiger partial charge in [-0.25, -0.2) is 9.97 Å². The van der Waals surface area contributed by atoms with Crippen LogP contribution in [0, 0.1) is 0 Å². The Bertz CT molecular complexity index is 520. The zero-order valence-electron chi connectivity index (χ0n) is 11.7. The van der Waals surface area contributed by atoms with Gasteiger partial charge < -0.3 is 14.9 Å². The van der Waals surface area contributed by atoms with E-state index in [2.05, 4.69) is 16.5 Å². The van der Waals surface area contributed by atoms with E-state index in [1.807, 2.05) is 4.90 Å². The molecule has 0 radical (unpaired) electrons. The summed E-state index contributed by atoms with van der Waals surface area (Å²) in [6, 6.07) is 1.30. The topological polar surface area (TPSA) is 86.6 Å². The molecule has 1 atom stereocenters. The van der Waals surface area contributed by atoms with Gasteiger partial charge in [-0.2, -0.15) is 0 Å². The number of anilines is 1. The molecule has 2 heterocycles. The molecule has 2 rings (SSSR count). The molecule has 0 bridgehead atoms. The third-order valence-corrected chi connectivity index (χ3v) is 3.33. The summed E-state index contributed by atoms with van der Waals surface area (Å²) in [4.78, 5) is 34.9. The summed E-state index contributed by atoms with van der Waals surface area (Å²) in [5.41, 5.74) is 0. The van der Waals surface area contributed by atoms with E-state index < -0.39 is 12.0 Å². The Labute approximate surface area is 122 Å².